The number of piperazine rings is 1. The minimum Gasteiger partial charge on any atom is -0.480 e. The molecule has 1 aromatic rings. The van der Waals surface area contributed by atoms with E-state index in [0.717, 1.165) is 30.7 Å². The van der Waals surface area contributed by atoms with Crippen LogP contribution in [0.15, 0.2) is 15.7 Å². The quantitative estimate of drug-likeness (QED) is 0.209. The summed E-state index contributed by atoms with van der Waals surface area (Å²) in [5.41, 5.74) is 0. The molecule has 1 aliphatic rings. The maximum absolute atomic E-state index is 11.8. The summed E-state index contributed by atoms with van der Waals surface area (Å²) in [6.07, 6.45) is 1.69. The van der Waals surface area contributed by atoms with Crippen LogP contribution < -0.4 is 20.3 Å². The van der Waals surface area contributed by atoms with Gasteiger partial charge in [-0.3, -0.25) is 9.79 Å². The van der Waals surface area contributed by atoms with E-state index in [0.29, 0.717) is 30.9 Å². The number of methoxy groups -OCH3 is 2. The van der Waals surface area contributed by atoms with Crippen LogP contribution in [-0.2, 0) is 9.53 Å². The number of carbonyl (C=O) groups is 1. The van der Waals surface area contributed by atoms with Crippen LogP contribution in [0.4, 0.5) is 5.95 Å². The van der Waals surface area contributed by atoms with Crippen LogP contribution in [0.1, 0.15) is 0 Å². The van der Waals surface area contributed by atoms with Gasteiger partial charge in [0.1, 0.15) is 0 Å². The highest BCUT2D eigenvalue weighted by Gasteiger charge is 2.22. The molecule has 0 unspecified atom stereocenters. The normalized spacial score (nSPS) is 14.4. The van der Waals surface area contributed by atoms with Crippen molar-refractivity contribution < 1.29 is 14.3 Å². The number of halogens is 2. The molecule has 1 amide bonds. The summed E-state index contributed by atoms with van der Waals surface area (Å²) in [4.78, 5) is 29.0. The van der Waals surface area contributed by atoms with Gasteiger partial charge in [0.2, 0.25) is 17.7 Å². The van der Waals surface area contributed by atoms with Crippen molar-refractivity contribution in [3.05, 3.63) is 10.7 Å². The van der Waals surface area contributed by atoms with Crippen LogP contribution in [0.3, 0.4) is 0 Å². The smallest absolute Gasteiger partial charge is 0.239 e. The summed E-state index contributed by atoms with van der Waals surface area (Å²) in [6.45, 7) is 4.12. The Kier molecular flexibility index (Phi) is 11.4. The maximum atomic E-state index is 11.8. The Morgan fingerprint density at radius 2 is 2.00 bits per heavy atom. The predicted octanol–water partition coefficient (Wildman–Crippen LogP) is 0.326. The van der Waals surface area contributed by atoms with Gasteiger partial charge in [0.15, 0.2) is 5.96 Å². The molecular weight excluding hydrogens is 545 g/mol. The molecule has 1 saturated heterocycles. The van der Waals surface area contributed by atoms with E-state index in [4.69, 9.17) is 9.47 Å². The van der Waals surface area contributed by atoms with Gasteiger partial charge in [-0.1, -0.05) is 0 Å². The van der Waals surface area contributed by atoms with Gasteiger partial charge in [-0.25, -0.2) is 4.98 Å². The number of nitrogens with one attached hydrogen (secondary N) is 2. The van der Waals surface area contributed by atoms with Gasteiger partial charge in [-0.05, 0) is 15.9 Å². The lowest BCUT2D eigenvalue weighted by atomic mass is 10.3. The minimum absolute atomic E-state index is 0. The van der Waals surface area contributed by atoms with Gasteiger partial charge < -0.3 is 29.9 Å². The van der Waals surface area contributed by atoms with E-state index in [1.807, 2.05) is 0 Å². The summed E-state index contributed by atoms with van der Waals surface area (Å²) >= 11 is 3.36. The van der Waals surface area contributed by atoms with E-state index in [9.17, 15) is 4.79 Å². The molecule has 2 rings (SSSR count). The number of amides is 1. The summed E-state index contributed by atoms with van der Waals surface area (Å²) in [5.74, 6) is 1.75. The molecule has 10 nitrogen and oxygen atoms in total. The van der Waals surface area contributed by atoms with Gasteiger partial charge in [0.25, 0.3) is 0 Å². The third kappa shape index (κ3) is 7.20. The fourth-order valence-electron chi connectivity index (χ4n) is 2.60. The lowest BCUT2D eigenvalue weighted by Crippen LogP contribution is -2.54. The number of hydrogen-bond donors (Lipinski definition) is 2. The van der Waals surface area contributed by atoms with E-state index >= 15 is 0 Å². The van der Waals surface area contributed by atoms with E-state index in [1.165, 1.54) is 0 Å². The number of ether oxygens (including phenoxy) is 2. The number of nitrogens with zero attached hydrogens (tertiary/aromatic N) is 5. The number of hydrogen-bond acceptors (Lipinski definition) is 7. The molecule has 0 spiro atoms. The number of aromatic nitrogens is 2. The first-order valence-corrected chi connectivity index (χ1v) is 9.41. The molecule has 0 bridgehead atoms. The van der Waals surface area contributed by atoms with E-state index in [2.05, 4.69) is 51.3 Å². The standard InChI is InChI=1S/C16H26BrN7O3.HI/c1-18-15(21-11-13(25)19-4-9-26-2)23-5-7-24(8-6-23)16-20-10-12(17)14(22-16)27-3;/h10H,4-9,11H2,1-3H3,(H,18,21)(H,19,25);1H. The zero-order valence-corrected chi connectivity index (χ0v) is 20.2. The van der Waals surface area contributed by atoms with Gasteiger partial charge in [-0.15, -0.1) is 24.0 Å². The van der Waals surface area contributed by atoms with Crippen LogP contribution in [0.5, 0.6) is 5.88 Å². The molecular formula is C16H27BrIN7O3. The average molecular weight is 572 g/mol. The van der Waals surface area contributed by atoms with Crippen molar-refractivity contribution in [1.82, 2.24) is 25.5 Å². The second-order valence-electron chi connectivity index (χ2n) is 5.74. The van der Waals surface area contributed by atoms with Crippen molar-refractivity contribution >= 4 is 57.7 Å². The van der Waals surface area contributed by atoms with E-state index in [-0.39, 0.29) is 36.4 Å². The number of carbonyl (C=O) groups excluding carboxylic acids is 1. The maximum Gasteiger partial charge on any atom is 0.239 e. The second kappa shape index (κ2) is 12.9. The molecule has 0 radical (unpaired) electrons. The van der Waals surface area contributed by atoms with E-state index in [1.54, 1.807) is 27.5 Å². The summed E-state index contributed by atoms with van der Waals surface area (Å²) < 4.78 is 10.9. The van der Waals surface area contributed by atoms with Gasteiger partial charge in [-0.2, -0.15) is 4.98 Å². The van der Waals surface area contributed by atoms with Crippen LogP contribution in [0, 0.1) is 0 Å². The Morgan fingerprint density at radius 3 is 2.61 bits per heavy atom. The van der Waals surface area contributed by atoms with Crippen LogP contribution in [-0.4, -0.2) is 93.9 Å². The summed E-state index contributed by atoms with van der Waals surface area (Å²) in [7, 11) is 4.89. The zero-order valence-electron chi connectivity index (χ0n) is 16.3. The van der Waals surface area contributed by atoms with Crippen molar-refractivity contribution in [2.45, 2.75) is 0 Å². The van der Waals surface area contributed by atoms with Crippen molar-refractivity contribution in [3.63, 3.8) is 0 Å². The molecule has 0 saturated carbocycles. The molecule has 1 fully saturated rings. The first kappa shape index (κ1) is 24.6. The van der Waals surface area contributed by atoms with Gasteiger partial charge in [0, 0.05) is 46.9 Å². The fraction of sp³-hybridized carbons (Fsp3) is 0.625. The van der Waals surface area contributed by atoms with Crippen molar-refractivity contribution in [2.75, 3.05) is 72.0 Å². The monoisotopic (exact) mass is 571 g/mol. The Hall–Kier alpha value is -1.41. The molecule has 0 atom stereocenters. The van der Waals surface area contributed by atoms with E-state index < -0.39 is 0 Å². The lowest BCUT2D eigenvalue weighted by Gasteiger charge is -2.36. The third-order valence-corrected chi connectivity index (χ3v) is 4.55. The Labute approximate surface area is 190 Å². The van der Waals surface area contributed by atoms with Crippen LogP contribution in [0.2, 0.25) is 0 Å². The number of anilines is 1. The third-order valence-electron chi connectivity index (χ3n) is 4.00. The number of guanidine groups is 1. The van der Waals surface area contributed by atoms with Crippen molar-refractivity contribution in [2.24, 2.45) is 4.99 Å². The lowest BCUT2D eigenvalue weighted by molar-refractivity contribution is -0.120. The number of rotatable bonds is 7. The highest BCUT2D eigenvalue weighted by Crippen LogP contribution is 2.23. The van der Waals surface area contributed by atoms with Crippen LogP contribution in [0.25, 0.3) is 0 Å². The molecule has 158 valence electrons. The topological polar surface area (TPSA) is 104 Å². The second-order valence-corrected chi connectivity index (χ2v) is 6.60. The van der Waals surface area contributed by atoms with Gasteiger partial charge in [0.05, 0.1) is 30.9 Å². The molecule has 28 heavy (non-hydrogen) atoms. The average Bonchev–Trinajstić information content (AvgIpc) is 2.69. The Bertz CT molecular complexity index is 657. The van der Waals surface area contributed by atoms with Crippen molar-refractivity contribution in [3.8, 4) is 5.88 Å². The summed E-state index contributed by atoms with van der Waals surface area (Å²) in [6, 6.07) is 0. The van der Waals surface area contributed by atoms with Gasteiger partial charge >= 0.3 is 0 Å². The SMILES string of the molecule is CN=C(NCC(=O)NCCOC)N1CCN(c2ncc(Br)c(OC)n2)CC1.I. The predicted molar refractivity (Wildman–Crippen MR) is 122 cm³/mol. The minimum atomic E-state index is -0.0952. The molecule has 2 N–H and O–H groups in total. The summed E-state index contributed by atoms with van der Waals surface area (Å²) in [5, 5.41) is 5.86. The highest BCUT2D eigenvalue weighted by atomic mass is 127. The molecule has 1 aliphatic heterocycles. The zero-order chi connectivity index (χ0) is 19.6. The molecule has 2 heterocycles. The van der Waals surface area contributed by atoms with Crippen molar-refractivity contribution in [1.29, 1.82) is 0 Å². The molecule has 1 aromatic heterocycles. The number of aliphatic imine (C=N–C) groups is 1. The largest absolute Gasteiger partial charge is 0.480 e. The van der Waals surface area contributed by atoms with Crippen LogP contribution >= 0.6 is 39.9 Å². The highest BCUT2D eigenvalue weighted by molar-refractivity contribution is 14.0. The molecule has 12 heteroatoms. The fourth-order valence-corrected chi connectivity index (χ4v) is 2.96. The Balaban J connectivity index is 0.00000392. The molecule has 0 aromatic carbocycles. The molecule has 0 aliphatic carbocycles. The first-order valence-electron chi connectivity index (χ1n) is 8.61. The first-order chi connectivity index (χ1) is 13.1. The Morgan fingerprint density at radius 1 is 1.29 bits per heavy atom.